The lowest BCUT2D eigenvalue weighted by molar-refractivity contribution is -0.260. The second kappa shape index (κ2) is 11.1. The smallest absolute Gasteiger partial charge is 0.389 e. The van der Waals surface area contributed by atoms with Crippen molar-refractivity contribution >= 4 is 17.7 Å². The molecule has 0 saturated carbocycles. The van der Waals surface area contributed by atoms with Crippen molar-refractivity contribution < 1.29 is 36.6 Å². The first-order valence-electron chi connectivity index (χ1n) is 10.3. The number of alkyl halides is 3. The summed E-state index contributed by atoms with van der Waals surface area (Å²) in [6, 6.07) is -0.230. The molecule has 1 aliphatic rings. The Labute approximate surface area is 189 Å². The minimum atomic E-state index is -4.76. The predicted octanol–water partition coefficient (Wildman–Crippen LogP) is 4.26. The Morgan fingerprint density at radius 3 is 2.38 bits per heavy atom. The fourth-order valence-corrected chi connectivity index (χ4v) is 4.01. The molecule has 5 nitrogen and oxygen atoms in total. The molecule has 32 heavy (non-hydrogen) atoms. The van der Waals surface area contributed by atoms with Crippen LogP contribution in [0.1, 0.15) is 39.2 Å². The molecule has 0 aromatic heterocycles. The van der Waals surface area contributed by atoms with Crippen LogP contribution >= 0.6 is 11.8 Å². The summed E-state index contributed by atoms with van der Waals surface area (Å²) in [5.74, 6) is -2.20. The number of rotatable bonds is 9. The summed E-state index contributed by atoms with van der Waals surface area (Å²) in [4.78, 5) is 12.0. The Morgan fingerprint density at radius 2 is 1.88 bits per heavy atom. The number of amides is 1. The van der Waals surface area contributed by atoms with E-state index in [1.165, 1.54) is 0 Å². The molecule has 1 aromatic rings. The highest BCUT2D eigenvalue weighted by atomic mass is 35.5. The van der Waals surface area contributed by atoms with E-state index in [4.69, 9.17) is 16.5 Å². The average molecular weight is 487 g/mol. The van der Waals surface area contributed by atoms with Gasteiger partial charge >= 0.3 is 6.30 Å². The van der Waals surface area contributed by atoms with Gasteiger partial charge < -0.3 is 9.84 Å². The zero-order valence-corrected chi connectivity index (χ0v) is 18.8. The van der Waals surface area contributed by atoms with Crippen LogP contribution in [0.25, 0.3) is 0 Å². The molecule has 0 spiro atoms. The largest absolute Gasteiger partial charge is 0.460 e. The van der Waals surface area contributed by atoms with Crippen molar-refractivity contribution in [3.63, 3.8) is 0 Å². The topological polar surface area (TPSA) is 53.0 Å². The zero-order chi connectivity index (χ0) is 24.2. The maximum absolute atomic E-state index is 13.7. The molecule has 1 amide bonds. The van der Waals surface area contributed by atoms with Crippen LogP contribution in [-0.2, 0) is 16.0 Å². The SMILES string of the molecule is CC(=O)N(Cl)[C@@H](Cc1cc(F)cc(F)c1)[C@H](O)[C@H]1C[C@@H](OCCC(C)C)CN1C(F)(F)F. The van der Waals surface area contributed by atoms with Crippen LogP contribution in [0.4, 0.5) is 22.0 Å². The van der Waals surface area contributed by atoms with E-state index in [-0.39, 0.29) is 29.9 Å². The van der Waals surface area contributed by atoms with Crippen LogP contribution in [0.2, 0.25) is 0 Å². The average Bonchev–Trinajstić information content (AvgIpc) is 3.08. The fourth-order valence-electron chi connectivity index (χ4n) is 3.83. The molecule has 182 valence electrons. The molecule has 1 N–H and O–H groups in total. The Balaban J connectivity index is 2.27. The molecule has 1 heterocycles. The van der Waals surface area contributed by atoms with Gasteiger partial charge in [-0.1, -0.05) is 13.8 Å². The van der Waals surface area contributed by atoms with Gasteiger partial charge in [-0.2, -0.15) is 13.2 Å². The second-order valence-corrected chi connectivity index (χ2v) is 8.83. The quantitative estimate of drug-likeness (QED) is 0.322. The molecule has 0 radical (unpaired) electrons. The summed E-state index contributed by atoms with van der Waals surface area (Å²) < 4.78 is 74.5. The molecule has 0 bridgehead atoms. The van der Waals surface area contributed by atoms with E-state index in [9.17, 15) is 31.9 Å². The number of aliphatic hydroxyl groups is 1. The predicted molar refractivity (Wildman–Crippen MR) is 109 cm³/mol. The number of hydrogen-bond acceptors (Lipinski definition) is 4. The van der Waals surface area contributed by atoms with Gasteiger partial charge in [0.05, 0.1) is 18.2 Å². The van der Waals surface area contributed by atoms with Gasteiger partial charge in [0.25, 0.3) is 0 Å². The van der Waals surface area contributed by atoms with Gasteiger partial charge in [0.2, 0.25) is 5.91 Å². The van der Waals surface area contributed by atoms with E-state index in [1.54, 1.807) is 0 Å². The zero-order valence-electron chi connectivity index (χ0n) is 18.1. The van der Waals surface area contributed by atoms with E-state index >= 15 is 0 Å². The van der Waals surface area contributed by atoms with Crippen LogP contribution < -0.4 is 0 Å². The summed E-state index contributed by atoms with van der Waals surface area (Å²) in [6.07, 6.45) is -7.12. The van der Waals surface area contributed by atoms with Crippen molar-refractivity contribution in [2.24, 2.45) is 5.92 Å². The van der Waals surface area contributed by atoms with Gasteiger partial charge in [0.1, 0.15) is 11.6 Å². The first-order chi connectivity index (χ1) is 14.8. The third kappa shape index (κ3) is 7.26. The van der Waals surface area contributed by atoms with Gasteiger partial charge in [-0.05, 0) is 42.9 Å². The van der Waals surface area contributed by atoms with E-state index in [1.807, 2.05) is 13.8 Å². The third-order valence-corrected chi connectivity index (χ3v) is 5.92. The molecule has 2 rings (SSSR count). The van der Waals surface area contributed by atoms with Gasteiger partial charge in [-0.15, -0.1) is 0 Å². The number of hydrogen-bond donors (Lipinski definition) is 1. The first-order valence-corrected chi connectivity index (χ1v) is 10.7. The minimum absolute atomic E-state index is 0.0414. The molecule has 11 heteroatoms. The lowest BCUT2D eigenvalue weighted by atomic mass is 9.94. The van der Waals surface area contributed by atoms with Crippen LogP contribution in [0.15, 0.2) is 18.2 Å². The van der Waals surface area contributed by atoms with Gasteiger partial charge in [0.15, 0.2) is 0 Å². The number of benzene rings is 1. The standard InChI is InChI=1S/C21H28ClF5N2O3/c1-12(2)4-5-32-17-10-18(28(11-17)21(25,26)27)20(31)19(29(22)13(3)30)8-14-6-15(23)9-16(24)7-14/h6-7,9,12,17-20,31H,4-5,8,10-11H2,1-3H3/t17-,18-,19+,20-/m1/s1. The molecule has 0 aliphatic carbocycles. The van der Waals surface area contributed by atoms with Crippen molar-refractivity contribution in [2.75, 3.05) is 13.2 Å². The first kappa shape index (κ1) is 26.8. The van der Waals surface area contributed by atoms with Gasteiger partial charge in [0, 0.05) is 44.0 Å². The number of halogens is 6. The van der Waals surface area contributed by atoms with Crippen LogP contribution in [0, 0.1) is 17.6 Å². The summed E-state index contributed by atoms with van der Waals surface area (Å²) in [5, 5.41) is 10.9. The lowest BCUT2D eigenvalue weighted by Crippen LogP contribution is -2.55. The van der Waals surface area contributed by atoms with Crippen molar-refractivity contribution in [2.45, 2.75) is 70.6 Å². The molecular weight excluding hydrogens is 459 g/mol. The van der Waals surface area contributed by atoms with Crippen LogP contribution in [-0.4, -0.2) is 64.1 Å². The number of aliphatic hydroxyl groups excluding tert-OH is 1. The van der Waals surface area contributed by atoms with E-state index in [0.29, 0.717) is 22.8 Å². The summed E-state index contributed by atoms with van der Waals surface area (Å²) in [5.41, 5.74) is 0.0414. The monoisotopic (exact) mass is 486 g/mol. The van der Waals surface area contributed by atoms with Crippen molar-refractivity contribution in [3.8, 4) is 0 Å². The highest BCUT2D eigenvalue weighted by Gasteiger charge is 2.52. The molecule has 0 unspecified atom stereocenters. The number of carbonyl (C=O) groups is 1. The number of carbonyl (C=O) groups excluding carboxylic acids is 1. The van der Waals surface area contributed by atoms with Crippen molar-refractivity contribution in [1.29, 1.82) is 0 Å². The number of nitrogens with zero attached hydrogens (tertiary/aromatic N) is 2. The van der Waals surface area contributed by atoms with Crippen molar-refractivity contribution in [1.82, 2.24) is 9.32 Å². The maximum Gasteiger partial charge on any atom is 0.460 e. The van der Waals surface area contributed by atoms with Crippen LogP contribution in [0.3, 0.4) is 0 Å². The second-order valence-electron chi connectivity index (χ2n) is 8.47. The molecule has 1 aliphatic heterocycles. The lowest BCUT2D eigenvalue weighted by Gasteiger charge is -2.36. The van der Waals surface area contributed by atoms with E-state index in [0.717, 1.165) is 19.1 Å². The highest BCUT2D eigenvalue weighted by molar-refractivity contribution is 6.21. The van der Waals surface area contributed by atoms with E-state index < -0.39 is 54.7 Å². The Hall–Kier alpha value is -1.49. The Kier molecular flexibility index (Phi) is 9.27. The maximum atomic E-state index is 13.7. The minimum Gasteiger partial charge on any atom is -0.389 e. The summed E-state index contributed by atoms with van der Waals surface area (Å²) >= 11 is 6.01. The molecule has 1 aromatic carbocycles. The molecular formula is C21H28ClF5N2O3. The summed E-state index contributed by atoms with van der Waals surface area (Å²) in [7, 11) is 0. The Morgan fingerprint density at radius 1 is 1.28 bits per heavy atom. The van der Waals surface area contributed by atoms with Gasteiger partial charge in [-0.25, -0.2) is 18.1 Å². The molecule has 4 atom stereocenters. The fraction of sp³-hybridized carbons (Fsp3) is 0.667. The highest BCUT2D eigenvalue weighted by Crippen LogP contribution is 2.36. The molecule has 1 fully saturated rings. The molecule has 1 saturated heterocycles. The van der Waals surface area contributed by atoms with Crippen molar-refractivity contribution in [3.05, 3.63) is 35.4 Å². The Bertz CT molecular complexity index is 760. The van der Waals surface area contributed by atoms with Gasteiger partial charge in [-0.3, -0.25) is 4.79 Å². The number of likely N-dealkylation sites (tertiary alicyclic amines) is 1. The summed E-state index contributed by atoms with van der Waals surface area (Å²) in [6.45, 7) is 4.80. The third-order valence-electron chi connectivity index (χ3n) is 5.43. The van der Waals surface area contributed by atoms with Crippen LogP contribution in [0.5, 0.6) is 0 Å². The van der Waals surface area contributed by atoms with E-state index in [2.05, 4.69) is 0 Å². The number of ether oxygens (including phenoxy) is 1. The normalized spacial score (nSPS) is 21.7.